The van der Waals surface area contributed by atoms with Crippen LogP contribution in [0.25, 0.3) is 0 Å². The van der Waals surface area contributed by atoms with Crippen molar-refractivity contribution < 1.29 is 13.2 Å². The maximum Gasteiger partial charge on any atom is 0.416 e. The Morgan fingerprint density at radius 1 is 1.23 bits per heavy atom. The van der Waals surface area contributed by atoms with E-state index in [9.17, 15) is 13.2 Å². The third-order valence-electron chi connectivity index (χ3n) is 3.21. The Morgan fingerprint density at radius 3 is 2.77 bits per heavy atom. The van der Waals surface area contributed by atoms with Crippen LogP contribution in [-0.4, -0.2) is 9.97 Å². The fraction of sp³-hybridized carbons (Fsp3) is 0.214. The van der Waals surface area contributed by atoms with Crippen LogP contribution in [0.3, 0.4) is 0 Å². The minimum Gasteiger partial charge on any atom is -0.324 e. The van der Waals surface area contributed by atoms with Gasteiger partial charge in [0, 0.05) is 30.5 Å². The van der Waals surface area contributed by atoms with Crippen LogP contribution in [-0.2, 0) is 19.3 Å². The second-order valence-corrected chi connectivity index (χ2v) is 4.80. The number of nitrogens with one attached hydrogen (secondary N) is 2. The van der Waals surface area contributed by atoms with Crippen LogP contribution < -0.4 is 10.6 Å². The minimum absolute atomic E-state index is 0.0832. The number of nitriles is 1. The van der Waals surface area contributed by atoms with Crippen LogP contribution in [0.4, 0.5) is 24.8 Å². The van der Waals surface area contributed by atoms with Crippen LogP contribution >= 0.6 is 0 Å². The van der Waals surface area contributed by atoms with Crippen LogP contribution in [0, 0.1) is 11.3 Å². The van der Waals surface area contributed by atoms with E-state index in [4.69, 9.17) is 5.26 Å². The lowest BCUT2D eigenvalue weighted by molar-refractivity contribution is -0.137. The summed E-state index contributed by atoms with van der Waals surface area (Å²) in [6.45, 7) is 1.27. The fourth-order valence-electron chi connectivity index (χ4n) is 2.18. The molecule has 112 valence electrons. The molecule has 0 unspecified atom stereocenters. The van der Waals surface area contributed by atoms with Crippen molar-refractivity contribution in [2.75, 3.05) is 5.32 Å². The van der Waals surface area contributed by atoms with Crippen LogP contribution in [0.2, 0.25) is 0 Å². The van der Waals surface area contributed by atoms with E-state index >= 15 is 0 Å². The van der Waals surface area contributed by atoms with E-state index < -0.39 is 11.7 Å². The normalized spacial score (nSPS) is 13.5. The first-order valence-corrected chi connectivity index (χ1v) is 6.40. The number of hydrogen-bond donors (Lipinski definition) is 2. The van der Waals surface area contributed by atoms with Gasteiger partial charge in [-0.15, -0.1) is 0 Å². The van der Waals surface area contributed by atoms with Crippen molar-refractivity contribution in [3.05, 3.63) is 46.8 Å². The summed E-state index contributed by atoms with van der Waals surface area (Å²) < 4.78 is 38.5. The Labute approximate surface area is 123 Å². The fourth-order valence-corrected chi connectivity index (χ4v) is 2.18. The highest BCUT2D eigenvalue weighted by molar-refractivity contribution is 5.58. The van der Waals surface area contributed by atoms with E-state index in [1.54, 1.807) is 12.3 Å². The Hall–Kier alpha value is -2.66. The molecule has 0 spiro atoms. The van der Waals surface area contributed by atoms with Crippen molar-refractivity contribution in [3.63, 3.8) is 0 Å². The standard InChI is InChI=1S/C14H10F3N5/c15-14(16,17)10-1-8(4-18)2-11(3-10)21-13-20-6-9-5-19-7-12(9)22-13/h1-3,6,19H,5,7H2,(H,20,21,22). The maximum atomic E-state index is 12.8. The number of anilines is 2. The molecule has 1 aromatic heterocycles. The van der Waals surface area contributed by atoms with Gasteiger partial charge in [-0.25, -0.2) is 9.97 Å². The van der Waals surface area contributed by atoms with E-state index in [-0.39, 0.29) is 17.2 Å². The number of alkyl halides is 3. The maximum absolute atomic E-state index is 12.8. The van der Waals surface area contributed by atoms with E-state index in [1.165, 1.54) is 6.07 Å². The van der Waals surface area contributed by atoms with E-state index in [0.717, 1.165) is 23.4 Å². The largest absolute Gasteiger partial charge is 0.416 e. The summed E-state index contributed by atoms with van der Waals surface area (Å²) in [5.41, 5.74) is 0.923. The molecule has 0 aliphatic carbocycles. The van der Waals surface area contributed by atoms with Gasteiger partial charge < -0.3 is 10.6 Å². The molecule has 1 aliphatic heterocycles. The highest BCUT2D eigenvalue weighted by Crippen LogP contribution is 2.32. The number of rotatable bonds is 2. The third kappa shape index (κ3) is 2.84. The molecule has 2 heterocycles. The van der Waals surface area contributed by atoms with Crippen molar-refractivity contribution in [2.24, 2.45) is 0 Å². The van der Waals surface area contributed by atoms with Crippen LogP contribution in [0.5, 0.6) is 0 Å². The lowest BCUT2D eigenvalue weighted by atomic mass is 10.1. The molecule has 0 amide bonds. The molecule has 22 heavy (non-hydrogen) atoms. The SMILES string of the molecule is N#Cc1cc(Nc2ncc3c(n2)CNC3)cc(C(F)(F)F)c1. The van der Waals surface area contributed by atoms with Crippen molar-refractivity contribution in [3.8, 4) is 6.07 Å². The molecule has 1 aliphatic rings. The Balaban J connectivity index is 1.93. The number of halogens is 3. The first-order valence-electron chi connectivity index (χ1n) is 6.40. The van der Waals surface area contributed by atoms with Crippen LogP contribution in [0.1, 0.15) is 22.4 Å². The molecule has 0 saturated heterocycles. The molecule has 2 aromatic rings. The van der Waals surface area contributed by atoms with Gasteiger partial charge in [-0.05, 0) is 18.2 Å². The van der Waals surface area contributed by atoms with Crippen molar-refractivity contribution in [1.82, 2.24) is 15.3 Å². The molecule has 8 heteroatoms. The summed E-state index contributed by atoms with van der Waals surface area (Å²) >= 11 is 0. The molecule has 0 atom stereocenters. The highest BCUT2D eigenvalue weighted by atomic mass is 19.4. The summed E-state index contributed by atoms with van der Waals surface area (Å²) in [6, 6.07) is 4.77. The van der Waals surface area contributed by atoms with Crippen molar-refractivity contribution in [1.29, 1.82) is 5.26 Å². The molecule has 0 radical (unpaired) electrons. The first kappa shape index (κ1) is 14.3. The average Bonchev–Trinajstić information content (AvgIpc) is 2.93. The lowest BCUT2D eigenvalue weighted by Gasteiger charge is -2.11. The van der Waals surface area contributed by atoms with Gasteiger partial charge in [-0.3, -0.25) is 0 Å². The van der Waals surface area contributed by atoms with Crippen molar-refractivity contribution in [2.45, 2.75) is 19.3 Å². The summed E-state index contributed by atoms with van der Waals surface area (Å²) in [5.74, 6) is 0.200. The molecular weight excluding hydrogens is 295 g/mol. The summed E-state index contributed by atoms with van der Waals surface area (Å²) in [7, 11) is 0. The topological polar surface area (TPSA) is 73.6 Å². The number of nitrogens with zero attached hydrogens (tertiary/aromatic N) is 3. The second kappa shape index (κ2) is 5.27. The lowest BCUT2D eigenvalue weighted by Crippen LogP contribution is -2.07. The zero-order valence-corrected chi connectivity index (χ0v) is 11.2. The average molecular weight is 305 g/mol. The zero-order chi connectivity index (χ0) is 15.7. The molecule has 0 fully saturated rings. The van der Waals surface area contributed by atoms with Gasteiger partial charge in [-0.1, -0.05) is 0 Å². The number of fused-ring (bicyclic) bond motifs is 1. The van der Waals surface area contributed by atoms with Crippen molar-refractivity contribution >= 4 is 11.6 Å². The predicted molar refractivity (Wildman–Crippen MR) is 72.0 cm³/mol. The quantitative estimate of drug-likeness (QED) is 0.892. The molecule has 0 saturated carbocycles. The highest BCUT2D eigenvalue weighted by Gasteiger charge is 2.31. The molecule has 1 aromatic carbocycles. The van der Waals surface area contributed by atoms with Gasteiger partial charge >= 0.3 is 6.18 Å². The molecule has 3 rings (SSSR count). The number of hydrogen-bond acceptors (Lipinski definition) is 5. The van der Waals surface area contributed by atoms with E-state index in [0.29, 0.717) is 13.1 Å². The summed E-state index contributed by atoms with van der Waals surface area (Å²) in [5, 5.41) is 14.7. The molecular formula is C14H10F3N5. The van der Waals surface area contributed by atoms with Gasteiger partial charge in [0.05, 0.1) is 22.9 Å². The molecule has 0 bridgehead atoms. The van der Waals surface area contributed by atoms with Gasteiger partial charge in [0.2, 0.25) is 5.95 Å². The van der Waals surface area contributed by atoms with Crippen LogP contribution in [0.15, 0.2) is 24.4 Å². The monoisotopic (exact) mass is 305 g/mol. The van der Waals surface area contributed by atoms with Gasteiger partial charge in [-0.2, -0.15) is 18.4 Å². The third-order valence-corrected chi connectivity index (χ3v) is 3.21. The molecule has 5 nitrogen and oxygen atoms in total. The predicted octanol–water partition coefficient (Wildman–Crippen LogP) is 2.71. The van der Waals surface area contributed by atoms with Gasteiger partial charge in [0.25, 0.3) is 0 Å². The first-order chi connectivity index (χ1) is 10.5. The number of benzene rings is 1. The minimum atomic E-state index is -4.52. The van der Waals surface area contributed by atoms with E-state index in [2.05, 4.69) is 20.6 Å². The summed E-state index contributed by atoms with van der Waals surface area (Å²) in [6.07, 6.45) is -2.89. The smallest absolute Gasteiger partial charge is 0.324 e. The second-order valence-electron chi connectivity index (χ2n) is 4.80. The Bertz CT molecular complexity index is 764. The van der Waals surface area contributed by atoms with E-state index in [1.807, 2.05) is 0 Å². The summed E-state index contributed by atoms with van der Waals surface area (Å²) in [4.78, 5) is 8.31. The number of aromatic nitrogens is 2. The Kier molecular flexibility index (Phi) is 3.42. The zero-order valence-electron chi connectivity index (χ0n) is 11.2. The Morgan fingerprint density at radius 2 is 2.05 bits per heavy atom. The van der Waals surface area contributed by atoms with Gasteiger partial charge in [0.1, 0.15) is 0 Å². The molecule has 2 N–H and O–H groups in total. The van der Waals surface area contributed by atoms with Gasteiger partial charge in [0.15, 0.2) is 0 Å².